The molecule has 7 nitrogen and oxygen atoms in total. The van der Waals surface area contributed by atoms with Gasteiger partial charge in [-0.15, -0.1) is 0 Å². The number of ketones is 1. The summed E-state index contributed by atoms with van der Waals surface area (Å²) in [6, 6.07) is 6.44. The van der Waals surface area contributed by atoms with Crippen molar-refractivity contribution in [1.82, 2.24) is 4.90 Å². The molecule has 1 unspecified atom stereocenters. The van der Waals surface area contributed by atoms with Crippen molar-refractivity contribution >= 4 is 33.1 Å². The van der Waals surface area contributed by atoms with E-state index in [1.54, 1.807) is 29.2 Å². The maximum atomic E-state index is 12.6. The quantitative estimate of drug-likeness (QED) is 0.656. The van der Waals surface area contributed by atoms with Crippen LogP contribution in [-0.2, 0) is 19.4 Å². The molecule has 1 aliphatic heterocycles. The number of rotatable bonds is 7. The molecule has 0 N–H and O–H groups in total. The molecule has 0 spiro atoms. The molecule has 1 aliphatic rings. The van der Waals surface area contributed by atoms with Gasteiger partial charge in [-0.05, 0) is 32.4 Å². The molecule has 1 atom stereocenters. The van der Waals surface area contributed by atoms with Crippen LogP contribution in [0.4, 0.5) is 5.69 Å². The zero-order valence-electron chi connectivity index (χ0n) is 16.0. The molecule has 1 saturated heterocycles. The molecule has 0 radical (unpaired) electrons. The zero-order valence-corrected chi connectivity index (χ0v) is 16.8. The molecule has 2 rings (SSSR count). The standard InChI is InChI=1S/C19H26N2O5S/c1-4-20(18-9-11-27(25,26)13-18)19(24)8-10-21(15(3)23)17-7-5-6-16(12-17)14(2)22/h5-7,12,18H,4,8-11,13H2,1-3H3. The molecule has 1 heterocycles. The number of carbonyl (C=O) groups is 3. The minimum atomic E-state index is -3.08. The van der Waals surface area contributed by atoms with Crippen LogP contribution >= 0.6 is 0 Å². The van der Waals surface area contributed by atoms with E-state index in [1.165, 1.54) is 18.7 Å². The molecule has 1 aromatic carbocycles. The highest BCUT2D eigenvalue weighted by Gasteiger charge is 2.33. The first-order valence-electron chi connectivity index (χ1n) is 9.03. The number of Topliss-reactive ketones (excluding diaryl/α,β-unsaturated/α-hetero) is 1. The summed E-state index contributed by atoms with van der Waals surface area (Å²) in [6.07, 6.45) is 0.549. The lowest BCUT2D eigenvalue weighted by Crippen LogP contribution is -2.42. The van der Waals surface area contributed by atoms with E-state index in [1.807, 2.05) is 6.92 Å². The lowest BCUT2D eigenvalue weighted by atomic mass is 10.1. The van der Waals surface area contributed by atoms with E-state index in [9.17, 15) is 22.8 Å². The van der Waals surface area contributed by atoms with Crippen LogP contribution < -0.4 is 4.90 Å². The van der Waals surface area contributed by atoms with Gasteiger partial charge in [-0.25, -0.2) is 8.42 Å². The molecular weight excluding hydrogens is 368 g/mol. The lowest BCUT2D eigenvalue weighted by Gasteiger charge is -2.28. The highest BCUT2D eigenvalue weighted by molar-refractivity contribution is 7.91. The Balaban J connectivity index is 2.09. The largest absolute Gasteiger partial charge is 0.339 e. The van der Waals surface area contributed by atoms with E-state index in [-0.39, 0.29) is 48.1 Å². The fourth-order valence-corrected chi connectivity index (χ4v) is 5.10. The van der Waals surface area contributed by atoms with Crippen molar-refractivity contribution in [3.8, 4) is 0 Å². The molecule has 8 heteroatoms. The van der Waals surface area contributed by atoms with E-state index in [0.29, 0.717) is 24.2 Å². The first kappa shape index (κ1) is 21.1. The predicted octanol–water partition coefficient (Wildman–Crippen LogP) is 1.67. The van der Waals surface area contributed by atoms with Gasteiger partial charge in [0.2, 0.25) is 11.8 Å². The topological polar surface area (TPSA) is 91.8 Å². The molecule has 0 bridgehead atoms. The summed E-state index contributed by atoms with van der Waals surface area (Å²) >= 11 is 0. The Morgan fingerprint density at radius 2 is 1.89 bits per heavy atom. The lowest BCUT2D eigenvalue weighted by molar-refractivity contribution is -0.132. The van der Waals surface area contributed by atoms with Crippen LogP contribution in [0.25, 0.3) is 0 Å². The Hall–Kier alpha value is -2.22. The van der Waals surface area contributed by atoms with Crippen LogP contribution in [0, 0.1) is 0 Å². The number of sulfone groups is 1. The molecule has 0 aliphatic carbocycles. The molecule has 1 aromatic rings. The van der Waals surface area contributed by atoms with E-state index in [2.05, 4.69) is 0 Å². The van der Waals surface area contributed by atoms with Crippen LogP contribution in [0.15, 0.2) is 24.3 Å². The van der Waals surface area contributed by atoms with Crippen LogP contribution in [0.3, 0.4) is 0 Å². The summed E-state index contributed by atoms with van der Waals surface area (Å²) in [6.45, 7) is 5.29. The average Bonchev–Trinajstić information content (AvgIpc) is 2.95. The number of benzene rings is 1. The van der Waals surface area contributed by atoms with Gasteiger partial charge in [0.15, 0.2) is 15.6 Å². The molecule has 0 saturated carbocycles. The second-order valence-corrected chi connectivity index (χ2v) is 8.99. The number of anilines is 1. The summed E-state index contributed by atoms with van der Waals surface area (Å²) < 4.78 is 23.4. The van der Waals surface area contributed by atoms with Crippen molar-refractivity contribution < 1.29 is 22.8 Å². The molecular formula is C19H26N2O5S. The first-order chi connectivity index (χ1) is 12.6. The Morgan fingerprint density at radius 1 is 1.19 bits per heavy atom. The number of carbonyl (C=O) groups excluding carboxylic acids is 3. The van der Waals surface area contributed by atoms with Gasteiger partial charge in [-0.1, -0.05) is 12.1 Å². The monoisotopic (exact) mass is 394 g/mol. The fraction of sp³-hybridized carbons (Fsp3) is 0.526. The van der Waals surface area contributed by atoms with Gasteiger partial charge in [0.25, 0.3) is 0 Å². The Bertz CT molecular complexity index is 834. The van der Waals surface area contributed by atoms with Gasteiger partial charge < -0.3 is 9.80 Å². The van der Waals surface area contributed by atoms with E-state index in [4.69, 9.17) is 0 Å². The van der Waals surface area contributed by atoms with Crippen LogP contribution in [-0.4, -0.2) is 61.6 Å². The normalized spacial score (nSPS) is 18.1. The van der Waals surface area contributed by atoms with Crippen molar-refractivity contribution in [3.63, 3.8) is 0 Å². The average molecular weight is 394 g/mol. The van der Waals surface area contributed by atoms with Crippen molar-refractivity contribution in [2.45, 2.75) is 39.7 Å². The molecule has 0 aromatic heterocycles. The number of amides is 2. The van der Waals surface area contributed by atoms with Crippen LogP contribution in [0.2, 0.25) is 0 Å². The highest BCUT2D eigenvalue weighted by atomic mass is 32.2. The van der Waals surface area contributed by atoms with E-state index < -0.39 is 9.84 Å². The van der Waals surface area contributed by atoms with E-state index in [0.717, 1.165) is 0 Å². The minimum Gasteiger partial charge on any atom is -0.339 e. The van der Waals surface area contributed by atoms with Gasteiger partial charge in [-0.2, -0.15) is 0 Å². The van der Waals surface area contributed by atoms with Crippen molar-refractivity contribution in [1.29, 1.82) is 0 Å². The molecule has 27 heavy (non-hydrogen) atoms. The Kier molecular flexibility index (Phi) is 6.75. The smallest absolute Gasteiger partial charge is 0.224 e. The molecule has 148 valence electrons. The summed E-state index contributed by atoms with van der Waals surface area (Å²) in [4.78, 5) is 39.3. The highest BCUT2D eigenvalue weighted by Crippen LogP contribution is 2.20. The fourth-order valence-electron chi connectivity index (χ4n) is 3.37. The first-order valence-corrected chi connectivity index (χ1v) is 10.9. The third-order valence-electron chi connectivity index (χ3n) is 4.80. The number of hydrogen-bond donors (Lipinski definition) is 0. The maximum absolute atomic E-state index is 12.6. The zero-order chi connectivity index (χ0) is 20.2. The van der Waals surface area contributed by atoms with Gasteiger partial charge >= 0.3 is 0 Å². The molecule has 1 fully saturated rings. The number of nitrogens with zero attached hydrogens (tertiary/aromatic N) is 2. The summed E-state index contributed by atoms with van der Waals surface area (Å²) in [5.41, 5.74) is 1.06. The predicted molar refractivity (Wildman–Crippen MR) is 104 cm³/mol. The maximum Gasteiger partial charge on any atom is 0.224 e. The Labute approximate surface area is 160 Å². The Morgan fingerprint density at radius 3 is 2.41 bits per heavy atom. The third-order valence-corrected chi connectivity index (χ3v) is 6.55. The van der Waals surface area contributed by atoms with Crippen molar-refractivity contribution in [2.75, 3.05) is 29.5 Å². The van der Waals surface area contributed by atoms with Gasteiger partial charge in [0, 0.05) is 43.7 Å². The van der Waals surface area contributed by atoms with Gasteiger partial charge in [0.1, 0.15) is 0 Å². The number of hydrogen-bond acceptors (Lipinski definition) is 5. The second-order valence-electron chi connectivity index (χ2n) is 6.76. The third kappa shape index (κ3) is 5.38. The van der Waals surface area contributed by atoms with Crippen molar-refractivity contribution in [2.24, 2.45) is 0 Å². The summed E-state index contributed by atoms with van der Waals surface area (Å²) in [5, 5.41) is 0. The van der Waals surface area contributed by atoms with E-state index >= 15 is 0 Å². The molecule has 2 amide bonds. The summed E-state index contributed by atoms with van der Waals surface area (Å²) in [7, 11) is -3.08. The second kappa shape index (κ2) is 8.65. The summed E-state index contributed by atoms with van der Waals surface area (Å²) in [5.74, 6) is -0.387. The van der Waals surface area contributed by atoms with Crippen LogP contribution in [0.1, 0.15) is 44.0 Å². The SMILES string of the molecule is CCN(C(=O)CCN(C(C)=O)c1cccc(C(C)=O)c1)C1CCS(=O)(=O)C1. The van der Waals surface area contributed by atoms with Gasteiger partial charge in [-0.3, -0.25) is 14.4 Å². The van der Waals surface area contributed by atoms with Crippen molar-refractivity contribution in [3.05, 3.63) is 29.8 Å². The van der Waals surface area contributed by atoms with Crippen LogP contribution in [0.5, 0.6) is 0 Å². The van der Waals surface area contributed by atoms with Gasteiger partial charge in [0.05, 0.1) is 11.5 Å². The minimum absolute atomic E-state index is 0.00363.